The van der Waals surface area contributed by atoms with Gasteiger partial charge in [0.05, 0.1) is 6.61 Å². The Morgan fingerprint density at radius 2 is 2.10 bits per heavy atom. The minimum absolute atomic E-state index is 0.505. The van der Waals surface area contributed by atoms with Crippen LogP contribution in [0.25, 0.3) is 0 Å². The van der Waals surface area contributed by atoms with Crippen LogP contribution in [0.2, 0.25) is 0 Å². The molecule has 0 aliphatic carbocycles. The lowest BCUT2D eigenvalue weighted by Crippen LogP contribution is -2.00. The standard InChI is InChI=1S/C16H18BrNO2/c1-2-8-19-15-6-5-14(10-17)16(9-15)20-12-13-4-3-7-18-11-13/h3-7,9,11H,2,8,10,12H2,1H3. The summed E-state index contributed by atoms with van der Waals surface area (Å²) in [6.45, 7) is 3.31. The van der Waals surface area contributed by atoms with Gasteiger partial charge in [0.25, 0.3) is 0 Å². The summed E-state index contributed by atoms with van der Waals surface area (Å²) < 4.78 is 11.5. The molecule has 0 saturated heterocycles. The fourth-order valence-corrected chi connectivity index (χ4v) is 2.20. The molecule has 0 N–H and O–H groups in total. The maximum absolute atomic E-state index is 5.88. The van der Waals surface area contributed by atoms with Crippen molar-refractivity contribution in [1.29, 1.82) is 0 Å². The molecule has 0 unspecified atom stereocenters. The van der Waals surface area contributed by atoms with Crippen LogP contribution in [0, 0.1) is 0 Å². The van der Waals surface area contributed by atoms with Gasteiger partial charge in [0.2, 0.25) is 0 Å². The lowest BCUT2D eigenvalue weighted by molar-refractivity contribution is 0.293. The summed E-state index contributed by atoms with van der Waals surface area (Å²) >= 11 is 3.48. The lowest BCUT2D eigenvalue weighted by atomic mass is 10.2. The van der Waals surface area contributed by atoms with Gasteiger partial charge in [-0.25, -0.2) is 0 Å². The average molecular weight is 336 g/mol. The van der Waals surface area contributed by atoms with E-state index in [1.165, 1.54) is 0 Å². The molecule has 4 heteroatoms. The number of aromatic nitrogens is 1. The van der Waals surface area contributed by atoms with Crippen LogP contribution in [0.15, 0.2) is 42.7 Å². The highest BCUT2D eigenvalue weighted by molar-refractivity contribution is 9.08. The number of hydrogen-bond donors (Lipinski definition) is 0. The van der Waals surface area contributed by atoms with Gasteiger partial charge in [-0.1, -0.05) is 35.0 Å². The second kappa shape index (κ2) is 7.90. The Hall–Kier alpha value is -1.55. The normalized spacial score (nSPS) is 10.3. The van der Waals surface area contributed by atoms with Crippen LogP contribution in [0.1, 0.15) is 24.5 Å². The molecule has 1 aromatic carbocycles. The molecule has 20 heavy (non-hydrogen) atoms. The zero-order valence-electron chi connectivity index (χ0n) is 11.5. The molecule has 106 valence electrons. The second-order valence-electron chi connectivity index (χ2n) is 4.40. The van der Waals surface area contributed by atoms with Gasteiger partial charge in [0.1, 0.15) is 18.1 Å². The number of benzene rings is 1. The Bertz CT molecular complexity index is 531. The first kappa shape index (κ1) is 14.9. The lowest BCUT2D eigenvalue weighted by Gasteiger charge is -2.12. The van der Waals surface area contributed by atoms with Crippen molar-refractivity contribution in [2.75, 3.05) is 6.61 Å². The minimum atomic E-state index is 0.505. The number of pyridine rings is 1. The first-order chi connectivity index (χ1) is 9.83. The molecule has 0 aliphatic heterocycles. The van der Waals surface area contributed by atoms with Gasteiger partial charge in [-0.3, -0.25) is 4.98 Å². The number of halogens is 1. The molecule has 3 nitrogen and oxygen atoms in total. The first-order valence-electron chi connectivity index (χ1n) is 6.67. The summed E-state index contributed by atoms with van der Waals surface area (Å²) in [6.07, 6.45) is 4.56. The average Bonchev–Trinajstić information content (AvgIpc) is 2.52. The number of hydrogen-bond acceptors (Lipinski definition) is 3. The topological polar surface area (TPSA) is 31.4 Å². The van der Waals surface area contributed by atoms with E-state index in [1.807, 2.05) is 36.5 Å². The molecule has 2 rings (SSSR count). The van der Waals surface area contributed by atoms with Crippen LogP contribution in [0.4, 0.5) is 0 Å². The van der Waals surface area contributed by atoms with Crippen molar-refractivity contribution < 1.29 is 9.47 Å². The molecule has 0 saturated carbocycles. The SMILES string of the molecule is CCCOc1ccc(CBr)c(OCc2cccnc2)c1. The summed E-state index contributed by atoms with van der Waals surface area (Å²) in [7, 11) is 0. The molecule has 1 heterocycles. The fraction of sp³-hybridized carbons (Fsp3) is 0.312. The molecule has 0 bridgehead atoms. The molecule has 0 radical (unpaired) electrons. The van der Waals surface area contributed by atoms with Crippen LogP contribution >= 0.6 is 15.9 Å². The Balaban J connectivity index is 2.07. The van der Waals surface area contributed by atoms with Gasteiger partial charge >= 0.3 is 0 Å². The summed E-state index contributed by atoms with van der Waals surface area (Å²) in [6, 6.07) is 9.85. The minimum Gasteiger partial charge on any atom is -0.493 e. The Kier molecular flexibility index (Phi) is 5.87. The third-order valence-corrected chi connectivity index (χ3v) is 3.38. The van der Waals surface area contributed by atoms with E-state index in [0.29, 0.717) is 6.61 Å². The van der Waals surface area contributed by atoms with Crippen LogP contribution in [0.5, 0.6) is 11.5 Å². The molecule has 2 aromatic rings. The Morgan fingerprint density at radius 1 is 1.20 bits per heavy atom. The molecule has 0 aliphatic rings. The largest absolute Gasteiger partial charge is 0.493 e. The van der Waals surface area contributed by atoms with E-state index >= 15 is 0 Å². The summed E-state index contributed by atoms with van der Waals surface area (Å²) in [5.74, 6) is 1.69. The third kappa shape index (κ3) is 4.23. The van der Waals surface area contributed by atoms with Gasteiger partial charge in [-0.15, -0.1) is 0 Å². The van der Waals surface area contributed by atoms with Crippen LogP contribution in [0.3, 0.4) is 0 Å². The number of rotatable bonds is 7. The maximum Gasteiger partial charge on any atom is 0.127 e. The first-order valence-corrected chi connectivity index (χ1v) is 7.79. The van der Waals surface area contributed by atoms with E-state index in [-0.39, 0.29) is 0 Å². The van der Waals surface area contributed by atoms with E-state index < -0.39 is 0 Å². The Morgan fingerprint density at radius 3 is 2.80 bits per heavy atom. The van der Waals surface area contributed by atoms with Gasteiger partial charge in [0, 0.05) is 34.9 Å². The van der Waals surface area contributed by atoms with Crippen LogP contribution < -0.4 is 9.47 Å². The highest BCUT2D eigenvalue weighted by Crippen LogP contribution is 2.27. The molecule has 0 amide bonds. The van der Waals surface area contributed by atoms with E-state index in [9.17, 15) is 0 Å². The monoisotopic (exact) mass is 335 g/mol. The smallest absolute Gasteiger partial charge is 0.127 e. The van der Waals surface area contributed by atoms with Crippen molar-refractivity contribution in [3.05, 3.63) is 53.9 Å². The quantitative estimate of drug-likeness (QED) is 0.705. The van der Waals surface area contributed by atoms with Crippen molar-refractivity contribution in [3.63, 3.8) is 0 Å². The van der Waals surface area contributed by atoms with E-state index in [0.717, 1.165) is 41.0 Å². The van der Waals surface area contributed by atoms with Crippen LogP contribution in [-0.2, 0) is 11.9 Å². The van der Waals surface area contributed by atoms with E-state index in [4.69, 9.17) is 9.47 Å². The molecule has 0 spiro atoms. The van der Waals surface area contributed by atoms with Crippen molar-refractivity contribution >= 4 is 15.9 Å². The van der Waals surface area contributed by atoms with Crippen molar-refractivity contribution in [3.8, 4) is 11.5 Å². The predicted octanol–water partition coefficient (Wildman–Crippen LogP) is 4.34. The molecule has 0 fully saturated rings. The molecule has 0 atom stereocenters. The zero-order chi connectivity index (χ0) is 14.2. The van der Waals surface area contributed by atoms with Gasteiger partial charge in [0.15, 0.2) is 0 Å². The predicted molar refractivity (Wildman–Crippen MR) is 83.4 cm³/mol. The molecule has 1 aromatic heterocycles. The number of alkyl halides is 1. The van der Waals surface area contributed by atoms with Gasteiger partial charge in [-0.05, 0) is 18.6 Å². The zero-order valence-corrected chi connectivity index (χ0v) is 13.1. The number of nitrogens with zero attached hydrogens (tertiary/aromatic N) is 1. The van der Waals surface area contributed by atoms with Gasteiger partial charge < -0.3 is 9.47 Å². The van der Waals surface area contributed by atoms with E-state index in [1.54, 1.807) is 6.20 Å². The highest BCUT2D eigenvalue weighted by Gasteiger charge is 2.06. The summed E-state index contributed by atoms with van der Waals surface area (Å²) in [5.41, 5.74) is 2.16. The summed E-state index contributed by atoms with van der Waals surface area (Å²) in [4.78, 5) is 4.08. The second-order valence-corrected chi connectivity index (χ2v) is 4.96. The highest BCUT2D eigenvalue weighted by atomic mass is 79.9. The Labute approximate surface area is 128 Å². The van der Waals surface area contributed by atoms with E-state index in [2.05, 4.69) is 27.8 Å². The fourth-order valence-electron chi connectivity index (χ4n) is 1.73. The van der Waals surface area contributed by atoms with Crippen molar-refractivity contribution in [2.24, 2.45) is 0 Å². The van der Waals surface area contributed by atoms with Crippen molar-refractivity contribution in [2.45, 2.75) is 25.3 Å². The summed E-state index contributed by atoms with van der Waals surface area (Å²) in [5, 5.41) is 0.753. The third-order valence-electron chi connectivity index (χ3n) is 2.77. The molecular formula is C16H18BrNO2. The number of ether oxygens (including phenoxy) is 2. The van der Waals surface area contributed by atoms with Crippen LogP contribution in [-0.4, -0.2) is 11.6 Å². The molecular weight excluding hydrogens is 318 g/mol. The van der Waals surface area contributed by atoms with Crippen molar-refractivity contribution in [1.82, 2.24) is 4.98 Å². The van der Waals surface area contributed by atoms with Gasteiger partial charge in [-0.2, -0.15) is 0 Å². The maximum atomic E-state index is 5.88.